The van der Waals surface area contributed by atoms with E-state index >= 15 is 0 Å². The molecular weight excluding hydrogens is 228 g/mol. The predicted molar refractivity (Wildman–Crippen MR) is 68.9 cm³/mol. The fourth-order valence-corrected chi connectivity index (χ4v) is 1.58. The second kappa shape index (κ2) is 5.27. The summed E-state index contributed by atoms with van der Waals surface area (Å²) in [6, 6.07) is 7.70. The average Bonchev–Trinajstić information content (AvgIpc) is 2.40. The molecule has 0 fully saturated rings. The van der Waals surface area contributed by atoms with Crippen LogP contribution in [0.25, 0.3) is 0 Å². The van der Waals surface area contributed by atoms with Crippen LogP contribution in [0.3, 0.4) is 0 Å². The predicted octanol–water partition coefficient (Wildman–Crippen LogP) is 2.12. The van der Waals surface area contributed by atoms with Crippen LogP contribution < -0.4 is 10.5 Å². The number of hydrogen-bond acceptors (Lipinski definition) is 4. The molecule has 0 spiro atoms. The number of hydrogen-bond donors (Lipinski definition) is 2. The molecule has 0 aliphatic rings. The monoisotopic (exact) mass is 242 g/mol. The van der Waals surface area contributed by atoms with Crippen molar-refractivity contribution in [1.82, 2.24) is 9.97 Å². The summed E-state index contributed by atoms with van der Waals surface area (Å²) in [5.41, 5.74) is 6.93. The number of aromatic nitrogens is 2. The number of nitrogens with one attached hydrogen (secondary N) is 1. The van der Waals surface area contributed by atoms with E-state index in [1.165, 1.54) is 12.5 Å². The fourth-order valence-electron chi connectivity index (χ4n) is 1.58. The lowest BCUT2D eigenvalue weighted by molar-refractivity contribution is 0.455. The van der Waals surface area contributed by atoms with E-state index in [4.69, 9.17) is 15.9 Å². The average molecular weight is 242 g/mol. The Morgan fingerprint density at radius 2 is 2.17 bits per heavy atom. The molecule has 1 aromatic heterocycles. The highest BCUT2D eigenvalue weighted by atomic mass is 16.5. The largest absolute Gasteiger partial charge is 0.438 e. The minimum atomic E-state index is -0.112. The van der Waals surface area contributed by atoms with E-state index < -0.39 is 0 Å². The fraction of sp³-hybridized carbons (Fsp3) is 0.154. The maximum absolute atomic E-state index is 7.46. The summed E-state index contributed by atoms with van der Waals surface area (Å²) in [5, 5.41) is 7.46. The minimum absolute atomic E-state index is 0.112. The lowest BCUT2D eigenvalue weighted by Crippen LogP contribution is -2.13. The molecule has 0 amide bonds. The number of aryl methyl sites for hydroxylation is 1. The van der Waals surface area contributed by atoms with Gasteiger partial charge < -0.3 is 10.5 Å². The van der Waals surface area contributed by atoms with Gasteiger partial charge in [-0.1, -0.05) is 25.1 Å². The van der Waals surface area contributed by atoms with Crippen LogP contribution in [0.2, 0.25) is 0 Å². The van der Waals surface area contributed by atoms with E-state index in [1.54, 1.807) is 0 Å². The number of nitrogen functional groups attached to an aromatic ring is 1. The van der Waals surface area contributed by atoms with Crippen LogP contribution in [0.5, 0.6) is 11.6 Å². The van der Waals surface area contributed by atoms with E-state index in [0.717, 1.165) is 17.7 Å². The lowest BCUT2D eigenvalue weighted by atomic mass is 10.1. The Morgan fingerprint density at radius 3 is 2.89 bits per heavy atom. The molecule has 0 aliphatic heterocycles. The minimum Gasteiger partial charge on any atom is -0.438 e. The van der Waals surface area contributed by atoms with E-state index in [1.807, 2.05) is 31.2 Å². The molecule has 2 rings (SSSR count). The molecule has 5 nitrogen and oxygen atoms in total. The van der Waals surface area contributed by atoms with Crippen LogP contribution in [-0.4, -0.2) is 15.8 Å². The number of rotatable bonds is 4. The van der Waals surface area contributed by atoms with Gasteiger partial charge in [-0.15, -0.1) is 0 Å². The van der Waals surface area contributed by atoms with Gasteiger partial charge in [-0.3, -0.25) is 5.41 Å². The van der Waals surface area contributed by atoms with Gasteiger partial charge in [0.1, 0.15) is 17.9 Å². The van der Waals surface area contributed by atoms with Crippen LogP contribution in [0.4, 0.5) is 0 Å². The Balaban J connectivity index is 2.37. The number of nitrogens with zero attached hydrogens (tertiary/aromatic N) is 2. The summed E-state index contributed by atoms with van der Waals surface area (Å²) in [6.45, 7) is 2.05. The van der Waals surface area contributed by atoms with Crippen molar-refractivity contribution in [2.75, 3.05) is 0 Å². The molecular formula is C13H14N4O. The quantitative estimate of drug-likeness (QED) is 0.635. The van der Waals surface area contributed by atoms with E-state index in [9.17, 15) is 0 Å². The zero-order valence-corrected chi connectivity index (χ0v) is 10.1. The van der Waals surface area contributed by atoms with E-state index in [-0.39, 0.29) is 5.84 Å². The zero-order valence-electron chi connectivity index (χ0n) is 10.1. The van der Waals surface area contributed by atoms with Gasteiger partial charge in [-0.25, -0.2) is 9.97 Å². The van der Waals surface area contributed by atoms with Gasteiger partial charge in [0.2, 0.25) is 5.88 Å². The number of nitrogens with two attached hydrogens (primary N) is 1. The first-order valence-corrected chi connectivity index (χ1v) is 5.62. The number of para-hydroxylation sites is 1. The van der Waals surface area contributed by atoms with Crippen molar-refractivity contribution in [3.63, 3.8) is 0 Å². The van der Waals surface area contributed by atoms with Gasteiger partial charge >= 0.3 is 0 Å². The molecule has 0 atom stereocenters. The van der Waals surface area contributed by atoms with Crippen molar-refractivity contribution < 1.29 is 4.74 Å². The first-order valence-electron chi connectivity index (χ1n) is 5.62. The van der Waals surface area contributed by atoms with Crippen molar-refractivity contribution in [3.05, 3.63) is 47.9 Å². The lowest BCUT2D eigenvalue weighted by Gasteiger charge is -2.11. The molecule has 92 valence electrons. The summed E-state index contributed by atoms with van der Waals surface area (Å²) in [7, 11) is 0. The maximum Gasteiger partial charge on any atom is 0.233 e. The first kappa shape index (κ1) is 12.0. The molecule has 0 radical (unpaired) electrons. The molecule has 2 aromatic rings. The SMILES string of the molecule is CCc1ccccc1Oc1ncncc1C(=N)N. The zero-order chi connectivity index (χ0) is 13.0. The van der Waals surface area contributed by atoms with Gasteiger partial charge in [0.25, 0.3) is 0 Å². The standard InChI is InChI=1S/C13H14N4O/c1-2-9-5-3-4-6-11(9)18-13-10(12(14)15)7-16-8-17-13/h3-8H,2H2,1H3,(H3,14,15). The summed E-state index contributed by atoms with van der Waals surface area (Å²) in [6.07, 6.45) is 3.70. The van der Waals surface area contributed by atoms with Crippen molar-refractivity contribution in [2.24, 2.45) is 5.73 Å². The van der Waals surface area contributed by atoms with Gasteiger partial charge in [0.15, 0.2) is 0 Å². The van der Waals surface area contributed by atoms with E-state index in [2.05, 4.69) is 9.97 Å². The van der Waals surface area contributed by atoms with Crippen molar-refractivity contribution in [2.45, 2.75) is 13.3 Å². The molecule has 0 aliphatic carbocycles. The molecule has 0 bridgehead atoms. The summed E-state index contributed by atoms with van der Waals surface area (Å²) >= 11 is 0. The van der Waals surface area contributed by atoms with Gasteiger partial charge in [0.05, 0.1) is 5.56 Å². The third-order valence-corrected chi connectivity index (χ3v) is 2.53. The van der Waals surface area contributed by atoms with Crippen molar-refractivity contribution in [3.8, 4) is 11.6 Å². The van der Waals surface area contributed by atoms with Crippen molar-refractivity contribution in [1.29, 1.82) is 5.41 Å². The topological polar surface area (TPSA) is 84.9 Å². The molecule has 0 unspecified atom stereocenters. The first-order chi connectivity index (χ1) is 8.72. The van der Waals surface area contributed by atoms with Gasteiger partial charge in [-0.05, 0) is 18.1 Å². The number of amidine groups is 1. The Hall–Kier alpha value is -2.43. The summed E-state index contributed by atoms with van der Waals surface area (Å²) < 4.78 is 5.72. The third kappa shape index (κ3) is 2.45. The molecule has 0 saturated carbocycles. The highest BCUT2D eigenvalue weighted by Crippen LogP contribution is 2.25. The molecule has 18 heavy (non-hydrogen) atoms. The molecule has 1 heterocycles. The Kier molecular flexibility index (Phi) is 3.52. The van der Waals surface area contributed by atoms with Crippen LogP contribution >= 0.6 is 0 Å². The second-order valence-corrected chi connectivity index (χ2v) is 3.72. The Labute approximate surface area is 105 Å². The van der Waals surface area contributed by atoms with Crippen LogP contribution in [0, 0.1) is 5.41 Å². The number of benzene rings is 1. The number of ether oxygens (including phenoxy) is 1. The maximum atomic E-state index is 7.46. The smallest absolute Gasteiger partial charge is 0.233 e. The van der Waals surface area contributed by atoms with Crippen LogP contribution in [0.15, 0.2) is 36.8 Å². The van der Waals surface area contributed by atoms with E-state index in [0.29, 0.717) is 11.4 Å². The molecule has 1 aromatic carbocycles. The molecule has 5 heteroatoms. The third-order valence-electron chi connectivity index (χ3n) is 2.53. The van der Waals surface area contributed by atoms with Crippen LogP contribution in [-0.2, 0) is 6.42 Å². The van der Waals surface area contributed by atoms with Crippen LogP contribution in [0.1, 0.15) is 18.1 Å². The Bertz CT molecular complexity index is 568. The highest BCUT2D eigenvalue weighted by Gasteiger charge is 2.10. The molecule has 3 N–H and O–H groups in total. The van der Waals surface area contributed by atoms with Gasteiger partial charge in [0, 0.05) is 6.20 Å². The normalized spacial score (nSPS) is 10.1. The summed E-state index contributed by atoms with van der Waals surface area (Å²) in [5.74, 6) is 0.916. The Morgan fingerprint density at radius 1 is 1.39 bits per heavy atom. The molecule has 0 saturated heterocycles. The highest BCUT2D eigenvalue weighted by molar-refractivity contribution is 5.96. The summed E-state index contributed by atoms with van der Waals surface area (Å²) in [4.78, 5) is 7.86. The van der Waals surface area contributed by atoms with Crippen molar-refractivity contribution >= 4 is 5.84 Å². The van der Waals surface area contributed by atoms with Gasteiger partial charge in [-0.2, -0.15) is 0 Å². The second-order valence-electron chi connectivity index (χ2n) is 3.72.